The number of nitrogens with zero attached hydrogens (tertiary/aromatic N) is 1. The molecule has 0 bridgehead atoms. The van der Waals surface area contributed by atoms with Gasteiger partial charge in [-0.25, -0.2) is 19.0 Å². The summed E-state index contributed by atoms with van der Waals surface area (Å²) in [5.41, 5.74) is 0.922. The number of carbonyl (C=O) groups is 2. The number of hydrogen-bond acceptors (Lipinski definition) is 5. The highest BCUT2D eigenvalue weighted by Gasteiger charge is 2.11. The Kier molecular flexibility index (Phi) is 9.35. The van der Waals surface area contributed by atoms with E-state index in [2.05, 4.69) is 0 Å². The maximum Gasteiger partial charge on any atom is 0.328 e. The van der Waals surface area contributed by atoms with Gasteiger partial charge in [-0.2, -0.15) is 0 Å². The summed E-state index contributed by atoms with van der Waals surface area (Å²) in [5, 5.41) is 17.2. The molecule has 1 unspecified atom stereocenters. The Morgan fingerprint density at radius 2 is 1.73 bits per heavy atom. The van der Waals surface area contributed by atoms with Crippen LogP contribution in [0.4, 0.5) is 4.39 Å². The Labute approximate surface area is 127 Å². The van der Waals surface area contributed by atoms with Crippen LogP contribution in [0.1, 0.15) is 11.7 Å². The number of ether oxygens (including phenoxy) is 1. The molecule has 8 heteroatoms. The molecule has 1 aromatic carbocycles. The fourth-order valence-electron chi connectivity index (χ4n) is 1.40. The second-order valence-electron chi connectivity index (χ2n) is 4.23. The van der Waals surface area contributed by atoms with Crippen molar-refractivity contribution in [2.45, 2.75) is 6.10 Å². The molecule has 0 aliphatic carbocycles. The highest BCUT2D eigenvalue weighted by Crippen LogP contribution is 2.16. The van der Waals surface area contributed by atoms with Crippen molar-refractivity contribution in [3.63, 3.8) is 0 Å². The zero-order valence-corrected chi connectivity index (χ0v) is 12.3. The summed E-state index contributed by atoms with van der Waals surface area (Å²) in [6.07, 6.45) is 0.996. The fraction of sp³-hybridized carbons (Fsp3) is 0.286. The van der Waals surface area contributed by atoms with Gasteiger partial charge in [-0.3, -0.25) is 5.84 Å². The molecule has 0 spiro atoms. The Bertz CT molecular complexity index is 486. The van der Waals surface area contributed by atoms with Crippen molar-refractivity contribution < 1.29 is 28.9 Å². The van der Waals surface area contributed by atoms with Gasteiger partial charge in [-0.05, 0) is 17.7 Å². The highest BCUT2D eigenvalue weighted by molar-refractivity contribution is 5.89. The lowest BCUT2D eigenvalue weighted by Gasteiger charge is -2.19. The number of halogens is 1. The summed E-state index contributed by atoms with van der Waals surface area (Å²) in [4.78, 5) is 19.1. The molecule has 0 heterocycles. The Balaban J connectivity index is 0.000000472. The molecule has 0 saturated heterocycles. The van der Waals surface area contributed by atoms with Gasteiger partial charge in [0.25, 0.3) is 0 Å². The van der Waals surface area contributed by atoms with E-state index in [9.17, 15) is 14.0 Å². The number of carboxylic acid groups (broad SMARTS) is 2. The van der Waals surface area contributed by atoms with Crippen molar-refractivity contribution in [2.75, 3.05) is 20.7 Å². The number of carboxylic acids is 2. The summed E-state index contributed by atoms with van der Waals surface area (Å²) in [6, 6.07) is 6.23. The molecule has 0 aliphatic rings. The van der Waals surface area contributed by atoms with E-state index in [0.29, 0.717) is 18.7 Å². The molecule has 4 N–H and O–H groups in total. The molecule has 0 aromatic heterocycles. The molecule has 1 rings (SSSR count). The summed E-state index contributed by atoms with van der Waals surface area (Å²) in [7, 11) is 3.37. The van der Waals surface area contributed by atoms with Crippen LogP contribution in [-0.4, -0.2) is 47.9 Å². The van der Waals surface area contributed by atoms with Crippen LogP contribution in [-0.2, 0) is 14.3 Å². The number of methoxy groups -OCH3 is 1. The van der Waals surface area contributed by atoms with Crippen molar-refractivity contribution in [3.05, 3.63) is 47.8 Å². The van der Waals surface area contributed by atoms with Crippen LogP contribution in [0.15, 0.2) is 36.4 Å². The van der Waals surface area contributed by atoms with Crippen LogP contribution >= 0.6 is 0 Å². The first-order valence-electron chi connectivity index (χ1n) is 6.14. The van der Waals surface area contributed by atoms with Gasteiger partial charge in [0.2, 0.25) is 0 Å². The van der Waals surface area contributed by atoms with Crippen LogP contribution in [0.5, 0.6) is 0 Å². The van der Waals surface area contributed by atoms with Gasteiger partial charge < -0.3 is 14.9 Å². The minimum Gasteiger partial charge on any atom is -0.478 e. The Hall–Kier alpha value is -2.29. The lowest BCUT2D eigenvalue weighted by atomic mass is 10.1. The van der Waals surface area contributed by atoms with E-state index in [1.54, 1.807) is 26.3 Å². The zero-order chi connectivity index (χ0) is 17.1. The average Bonchev–Trinajstić information content (AvgIpc) is 2.44. The molecular weight excluding hydrogens is 295 g/mol. The van der Waals surface area contributed by atoms with Gasteiger partial charge >= 0.3 is 11.9 Å². The van der Waals surface area contributed by atoms with Gasteiger partial charge in [0.1, 0.15) is 5.82 Å². The van der Waals surface area contributed by atoms with Crippen LogP contribution in [0.2, 0.25) is 0 Å². The van der Waals surface area contributed by atoms with E-state index in [-0.39, 0.29) is 11.9 Å². The normalized spacial score (nSPS) is 11.9. The average molecular weight is 314 g/mol. The predicted octanol–water partition coefficient (Wildman–Crippen LogP) is 1.03. The topological polar surface area (TPSA) is 113 Å². The molecule has 1 aromatic rings. The number of hydrogen-bond donors (Lipinski definition) is 3. The summed E-state index contributed by atoms with van der Waals surface area (Å²) >= 11 is 0. The van der Waals surface area contributed by atoms with Gasteiger partial charge in [0.05, 0.1) is 6.10 Å². The van der Waals surface area contributed by atoms with Gasteiger partial charge in [-0.1, -0.05) is 12.1 Å². The maximum atomic E-state index is 12.6. The third-order valence-corrected chi connectivity index (χ3v) is 2.35. The van der Waals surface area contributed by atoms with Gasteiger partial charge in [0.15, 0.2) is 0 Å². The van der Waals surface area contributed by atoms with Crippen molar-refractivity contribution in [2.24, 2.45) is 5.84 Å². The molecule has 0 saturated carbocycles. The number of hydrazine groups is 1. The van der Waals surface area contributed by atoms with Crippen molar-refractivity contribution >= 4 is 11.9 Å². The van der Waals surface area contributed by atoms with Gasteiger partial charge in [0, 0.05) is 32.9 Å². The zero-order valence-electron chi connectivity index (χ0n) is 12.3. The van der Waals surface area contributed by atoms with E-state index in [1.807, 2.05) is 0 Å². The minimum atomic E-state index is -1.26. The Morgan fingerprint density at radius 3 is 2.05 bits per heavy atom. The molecule has 1 atom stereocenters. The molecule has 22 heavy (non-hydrogen) atoms. The number of nitrogens with two attached hydrogens (primary N) is 1. The maximum absolute atomic E-state index is 12.6. The largest absolute Gasteiger partial charge is 0.478 e. The van der Waals surface area contributed by atoms with Crippen LogP contribution < -0.4 is 5.84 Å². The summed E-state index contributed by atoms with van der Waals surface area (Å²) < 4.78 is 17.9. The standard InChI is InChI=1S/C10H15FN2O.C4H4O4/c1-13(12)7-10(14-2)8-3-5-9(11)6-4-8;5-3(6)1-2-4(7)8/h3-6,10H,7,12H2,1-2H3;1-2H,(H,5,6)(H,7,8)/b;2-1+. The predicted molar refractivity (Wildman–Crippen MR) is 77.4 cm³/mol. The first-order chi connectivity index (χ1) is 10.3. The fourth-order valence-corrected chi connectivity index (χ4v) is 1.40. The quantitative estimate of drug-likeness (QED) is 0.408. The SMILES string of the molecule is COC(CN(C)N)c1ccc(F)cc1.O=C(O)/C=C/C(=O)O. The minimum absolute atomic E-state index is 0.120. The van der Waals surface area contributed by atoms with Crippen molar-refractivity contribution in [1.29, 1.82) is 0 Å². The molecule has 0 aliphatic heterocycles. The molecule has 0 amide bonds. The number of benzene rings is 1. The third-order valence-electron chi connectivity index (χ3n) is 2.35. The van der Waals surface area contributed by atoms with E-state index in [1.165, 1.54) is 17.1 Å². The second-order valence-corrected chi connectivity index (χ2v) is 4.23. The van der Waals surface area contributed by atoms with E-state index in [0.717, 1.165) is 5.56 Å². The van der Waals surface area contributed by atoms with E-state index < -0.39 is 11.9 Å². The number of likely N-dealkylation sites (N-methyl/N-ethyl adjacent to an activating group) is 1. The molecule has 122 valence electrons. The molecule has 0 radical (unpaired) electrons. The van der Waals surface area contributed by atoms with Crippen LogP contribution in [0, 0.1) is 5.82 Å². The third kappa shape index (κ3) is 9.59. The van der Waals surface area contributed by atoms with Crippen molar-refractivity contribution in [3.8, 4) is 0 Å². The number of aliphatic carboxylic acids is 2. The summed E-state index contributed by atoms with van der Waals surface area (Å²) in [5.74, 6) is 2.76. The lowest BCUT2D eigenvalue weighted by molar-refractivity contribution is -0.134. The molecule has 0 fully saturated rings. The smallest absolute Gasteiger partial charge is 0.328 e. The first-order valence-corrected chi connectivity index (χ1v) is 6.14. The lowest BCUT2D eigenvalue weighted by Crippen LogP contribution is -2.31. The summed E-state index contributed by atoms with van der Waals surface area (Å²) in [6.45, 7) is 0.572. The van der Waals surface area contributed by atoms with E-state index >= 15 is 0 Å². The molecule has 7 nitrogen and oxygen atoms in total. The van der Waals surface area contributed by atoms with Gasteiger partial charge in [-0.15, -0.1) is 0 Å². The van der Waals surface area contributed by atoms with Crippen LogP contribution in [0.25, 0.3) is 0 Å². The highest BCUT2D eigenvalue weighted by atomic mass is 19.1. The van der Waals surface area contributed by atoms with Crippen LogP contribution in [0.3, 0.4) is 0 Å². The molecular formula is C14H19FN2O5. The monoisotopic (exact) mass is 314 g/mol. The Morgan fingerprint density at radius 1 is 1.27 bits per heavy atom. The van der Waals surface area contributed by atoms with E-state index in [4.69, 9.17) is 20.8 Å². The second kappa shape index (κ2) is 10.4. The van der Waals surface area contributed by atoms with Crippen molar-refractivity contribution in [1.82, 2.24) is 5.01 Å². The first kappa shape index (κ1) is 19.7. The number of rotatable bonds is 6.